The number of carbonyl (C=O) groups is 2. The Morgan fingerprint density at radius 2 is 1.24 bits per heavy atom. The number of nitrogens with zero attached hydrogens (tertiary/aromatic N) is 1. The van der Waals surface area contributed by atoms with Gasteiger partial charge in [0.15, 0.2) is 6.10 Å². The third-order valence-electron chi connectivity index (χ3n) is 6.11. The molecule has 0 saturated carbocycles. The van der Waals surface area contributed by atoms with Gasteiger partial charge in [0.25, 0.3) is 0 Å². The zero-order valence-corrected chi connectivity index (χ0v) is 25.8. The molecule has 0 bridgehead atoms. The van der Waals surface area contributed by atoms with Crippen LogP contribution in [0.1, 0.15) is 117 Å². The number of hydrogen-bond donors (Lipinski definition) is 1. The average Bonchev–Trinajstić information content (AvgIpc) is 2.83. The Labute approximate surface area is 232 Å². The van der Waals surface area contributed by atoms with E-state index in [1.54, 1.807) is 0 Å². The lowest BCUT2D eigenvalue weighted by molar-refractivity contribution is -0.870. The van der Waals surface area contributed by atoms with E-state index in [2.05, 4.69) is 6.92 Å². The number of quaternary nitrogens is 1. The van der Waals surface area contributed by atoms with E-state index >= 15 is 0 Å². The van der Waals surface area contributed by atoms with Gasteiger partial charge in [-0.2, -0.15) is 0 Å². The molecule has 0 fully saturated rings. The molecule has 10 heteroatoms. The van der Waals surface area contributed by atoms with Gasteiger partial charge in [0, 0.05) is 12.8 Å². The molecule has 0 aliphatic heterocycles. The van der Waals surface area contributed by atoms with Gasteiger partial charge in [-0.25, -0.2) is 4.57 Å². The van der Waals surface area contributed by atoms with Crippen LogP contribution in [0.25, 0.3) is 0 Å². The van der Waals surface area contributed by atoms with Gasteiger partial charge in [0.05, 0.1) is 27.7 Å². The van der Waals surface area contributed by atoms with Crippen LogP contribution >= 0.6 is 7.82 Å². The van der Waals surface area contributed by atoms with Gasteiger partial charge in [-0.3, -0.25) is 18.6 Å². The van der Waals surface area contributed by atoms with Crippen LogP contribution < -0.4 is 0 Å². The van der Waals surface area contributed by atoms with Crippen molar-refractivity contribution < 1.29 is 42.1 Å². The van der Waals surface area contributed by atoms with Crippen LogP contribution in [0.15, 0.2) is 0 Å². The van der Waals surface area contributed by atoms with Gasteiger partial charge in [-0.1, -0.05) is 90.9 Å². The summed E-state index contributed by atoms with van der Waals surface area (Å²) in [6.07, 6.45) is 16.1. The van der Waals surface area contributed by atoms with E-state index in [0.29, 0.717) is 23.9 Å². The molecular weight excluding hydrogens is 509 g/mol. The second-order valence-corrected chi connectivity index (χ2v) is 12.6. The highest BCUT2D eigenvalue weighted by Crippen LogP contribution is 2.43. The summed E-state index contributed by atoms with van der Waals surface area (Å²) in [6, 6.07) is 0. The van der Waals surface area contributed by atoms with E-state index in [-0.39, 0.29) is 25.6 Å². The number of hydrogen-bond acceptors (Lipinski definition) is 7. The van der Waals surface area contributed by atoms with Crippen molar-refractivity contribution in [2.24, 2.45) is 0 Å². The first kappa shape index (κ1) is 37.0. The fraction of sp³-hybridized carbons (Fsp3) is 0.929. The van der Waals surface area contributed by atoms with Crippen molar-refractivity contribution in [1.82, 2.24) is 0 Å². The SMILES string of the molecule is CCCCCCCCCCCCCCCC(=O)OCC(COP(=O)(O)OCC[N+](C)(C)C)OC(=O)CCC. The molecule has 2 unspecified atom stereocenters. The zero-order valence-electron chi connectivity index (χ0n) is 24.9. The number of esters is 2. The number of phosphoric acid groups is 1. The van der Waals surface area contributed by atoms with Gasteiger partial charge >= 0.3 is 19.8 Å². The van der Waals surface area contributed by atoms with Crippen molar-refractivity contribution in [3.05, 3.63) is 0 Å². The van der Waals surface area contributed by atoms with Crippen LogP contribution in [-0.2, 0) is 32.7 Å². The predicted molar refractivity (Wildman–Crippen MR) is 151 cm³/mol. The summed E-state index contributed by atoms with van der Waals surface area (Å²) in [7, 11) is 1.47. The van der Waals surface area contributed by atoms with Gasteiger partial charge in [-0.15, -0.1) is 0 Å². The Morgan fingerprint density at radius 1 is 0.711 bits per heavy atom. The van der Waals surface area contributed by atoms with E-state index in [4.69, 9.17) is 18.5 Å². The summed E-state index contributed by atoms with van der Waals surface area (Å²) < 4.78 is 33.3. The van der Waals surface area contributed by atoms with Crippen LogP contribution in [0.3, 0.4) is 0 Å². The standard InChI is InChI=1S/C28H56NO8P/c1-6-8-9-10-11-12-13-14-15-16-17-18-19-21-27(30)34-24-26(37-28(31)20-7-2)25-36-38(32,33)35-23-22-29(3,4)5/h26H,6-25H2,1-5H3/p+1. The van der Waals surface area contributed by atoms with Crippen LogP contribution in [0.2, 0.25) is 0 Å². The van der Waals surface area contributed by atoms with Gasteiger partial charge in [-0.05, 0) is 12.8 Å². The van der Waals surface area contributed by atoms with Crippen LogP contribution in [0.5, 0.6) is 0 Å². The third kappa shape index (κ3) is 25.3. The second kappa shape index (κ2) is 22.8. The number of phosphoric ester groups is 1. The highest BCUT2D eigenvalue weighted by Gasteiger charge is 2.26. The fourth-order valence-electron chi connectivity index (χ4n) is 3.75. The first-order valence-electron chi connectivity index (χ1n) is 14.8. The van der Waals surface area contributed by atoms with Crippen molar-refractivity contribution in [3.63, 3.8) is 0 Å². The Hall–Kier alpha value is -0.990. The average molecular weight is 567 g/mol. The smallest absolute Gasteiger partial charge is 0.462 e. The van der Waals surface area contributed by atoms with E-state index in [1.165, 1.54) is 64.2 Å². The molecule has 9 nitrogen and oxygen atoms in total. The lowest BCUT2D eigenvalue weighted by atomic mass is 10.0. The van der Waals surface area contributed by atoms with Crippen molar-refractivity contribution in [2.75, 3.05) is 47.5 Å². The molecule has 38 heavy (non-hydrogen) atoms. The van der Waals surface area contributed by atoms with Crippen LogP contribution in [-0.4, -0.2) is 74.9 Å². The summed E-state index contributed by atoms with van der Waals surface area (Å²) in [5.74, 6) is -0.858. The van der Waals surface area contributed by atoms with Crippen molar-refractivity contribution in [3.8, 4) is 0 Å². The molecule has 0 saturated heterocycles. The lowest BCUT2D eigenvalue weighted by Crippen LogP contribution is -2.37. The van der Waals surface area contributed by atoms with E-state index < -0.39 is 26.5 Å². The number of rotatable bonds is 26. The zero-order chi connectivity index (χ0) is 28.7. The number of likely N-dealkylation sites (N-methyl/N-ethyl adjacent to an activating group) is 1. The molecular formula is C28H57NO8P+. The van der Waals surface area contributed by atoms with Crippen LogP contribution in [0, 0.1) is 0 Å². The Kier molecular flexibility index (Phi) is 22.2. The molecule has 2 atom stereocenters. The highest BCUT2D eigenvalue weighted by molar-refractivity contribution is 7.47. The molecule has 226 valence electrons. The maximum Gasteiger partial charge on any atom is 0.472 e. The van der Waals surface area contributed by atoms with Crippen LogP contribution in [0.4, 0.5) is 0 Å². The Morgan fingerprint density at radius 3 is 1.74 bits per heavy atom. The van der Waals surface area contributed by atoms with E-state index in [9.17, 15) is 19.0 Å². The van der Waals surface area contributed by atoms with E-state index in [1.807, 2.05) is 28.1 Å². The molecule has 0 spiro atoms. The maximum absolute atomic E-state index is 12.2. The topological polar surface area (TPSA) is 108 Å². The maximum atomic E-state index is 12.2. The number of unbranched alkanes of at least 4 members (excludes halogenated alkanes) is 12. The summed E-state index contributed by atoms with van der Waals surface area (Å²) in [5.41, 5.74) is 0. The molecule has 1 N–H and O–H groups in total. The molecule has 0 amide bonds. The van der Waals surface area contributed by atoms with Crippen molar-refractivity contribution in [2.45, 2.75) is 123 Å². The minimum Gasteiger partial charge on any atom is -0.462 e. The van der Waals surface area contributed by atoms with Gasteiger partial charge in [0.2, 0.25) is 0 Å². The number of carbonyl (C=O) groups excluding carboxylic acids is 2. The predicted octanol–water partition coefficient (Wildman–Crippen LogP) is 6.56. The van der Waals surface area contributed by atoms with Crippen molar-refractivity contribution >= 4 is 19.8 Å². The molecule has 0 aromatic heterocycles. The lowest BCUT2D eigenvalue weighted by Gasteiger charge is -2.24. The monoisotopic (exact) mass is 566 g/mol. The second-order valence-electron chi connectivity index (χ2n) is 11.1. The molecule has 0 rings (SSSR count). The normalized spacial score (nSPS) is 14.2. The van der Waals surface area contributed by atoms with Crippen molar-refractivity contribution in [1.29, 1.82) is 0 Å². The Bertz CT molecular complexity index is 653. The first-order valence-corrected chi connectivity index (χ1v) is 16.3. The largest absolute Gasteiger partial charge is 0.472 e. The molecule has 0 aromatic rings. The summed E-state index contributed by atoms with van der Waals surface area (Å²) in [5, 5.41) is 0. The molecule has 0 radical (unpaired) electrons. The minimum atomic E-state index is -4.32. The quantitative estimate of drug-likeness (QED) is 0.0543. The summed E-state index contributed by atoms with van der Waals surface area (Å²) in [6.45, 7) is 4.00. The summed E-state index contributed by atoms with van der Waals surface area (Å²) >= 11 is 0. The molecule has 0 aromatic carbocycles. The Balaban J connectivity index is 4.14. The molecule has 0 aliphatic carbocycles. The van der Waals surface area contributed by atoms with E-state index in [0.717, 1.165) is 19.3 Å². The number of ether oxygens (including phenoxy) is 2. The third-order valence-corrected chi connectivity index (χ3v) is 7.09. The summed E-state index contributed by atoms with van der Waals surface area (Å²) in [4.78, 5) is 34.0. The fourth-order valence-corrected chi connectivity index (χ4v) is 4.50. The highest BCUT2D eigenvalue weighted by atomic mass is 31.2. The van der Waals surface area contributed by atoms with Gasteiger partial charge in [0.1, 0.15) is 19.8 Å². The molecule has 0 aliphatic rings. The van der Waals surface area contributed by atoms with Gasteiger partial charge < -0.3 is 18.9 Å². The first-order chi connectivity index (χ1) is 18.0. The minimum absolute atomic E-state index is 0.0334. The molecule has 0 heterocycles.